The zero-order valence-corrected chi connectivity index (χ0v) is 18.5. The van der Waals surface area contributed by atoms with Gasteiger partial charge in [-0.3, -0.25) is 4.98 Å². The number of nitrogens with one attached hydrogen (secondary N) is 1. The lowest BCUT2D eigenvalue weighted by atomic mass is 10.0. The number of benzene rings is 1. The van der Waals surface area contributed by atoms with E-state index in [9.17, 15) is 4.79 Å². The second kappa shape index (κ2) is 10.1. The maximum Gasteiger partial charge on any atom is 0.352 e. The molecule has 0 aliphatic rings. The van der Waals surface area contributed by atoms with Gasteiger partial charge < -0.3 is 19.3 Å². The molecule has 3 aromatic heterocycles. The fourth-order valence-electron chi connectivity index (χ4n) is 3.35. The number of hydrogen-bond donors (Lipinski definition) is 1. The van der Waals surface area contributed by atoms with E-state index in [0.717, 1.165) is 32.7 Å². The summed E-state index contributed by atoms with van der Waals surface area (Å²) in [6.45, 7) is 3.64. The summed E-state index contributed by atoms with van der Waals surface area (Å²) in [6.07, 6.45) is 7.29. The van der Waals surface area contributed by atoms with Gasteiger partial charge in [-0.25, -0.2) is 9.78 Å². The van der Waals surface area contributed by atoms with E-state index >= 15 is 0 Å². The molecule has 8 nitrogen and oxygen atoms in total. The quantitative estimate of drug-likeness (QED) is 0.230. The van der Waals surface area contributed by atoms with Gasteiger partial charge in [-0.1, -0.05) is 5.16 Å². The number of ether oxygens (including phenoxy) is 2. The van der Waals surface area contributed by atoms with Crippen LogP contribution < -0.4 is 9.47 Å². The fourth-order valence-corrected chi connectivity index (χ4v) is 3.88. The van der Waals surface area contributed by atoms with E-state index in [-0.39, 0.29) is 6.61 Å². The van der Waals surface area contributed by atoms with Crippen LogP contribution in [0.2, 0.25) is 0 Å². The molecule has 4 aromatic rings. The predicted molar refractivity (Wildman–Crippen MR) is 122 cm³/mol. The van der Waals surface area contributed by atoms with Crippen LogP contribution in [-0.4, -0.2) is 33.7 Å². The highest BCUT2D eigenvalue weighted by Crippen LogP contribution is 2.39. The number of rotatable bonds is 9. The van der Waals surface area contributed by atoms with E-state index in [2.05, 4.69) is 20.1 Å². The Kier molecular flexibility index (Phi) is 6.76. The molecule has 32 heavy (non-hydrogen) atoms. The summed E-state index contributed by atoms with van der Waals surface area (Å²) in [5, 5.41) is 7.19. The first-order valence-electron chi connectivity index (χ1n) is 10.0. The van der Waals surface area contributed by atoms with Crippen molar-refractivity contribution in [1.29, 1.82) is 0 Å². The monoisotopic (exact) mass is 450 g/mol. The molecule has 0 atom stereocenters. The van der Waals surface area contributed by atoms with Gasteiger partial charge in [-0.2, -0.15) is 0 Å². The van der Waals surface area contributed by atoms with Gasteiger partial charge in [0.15, 0.2) is 5.75 Å². The first-order chi connectivity index (χ1) is 15.7. The SMILES string of the molecule is CC=NOCC(=O)Oc1c(C)[nH]c2ccc(OCc3nccs3)c(Cc3ccncc3)c12. The number of carbonyl (C=O) groups is 1. The van der Waals surface area contributed by atoms with Crippen molar-refractivity contribution >= 4 is 34.4 Å². The molecule has 0 amide bonds. The third-order valence-electron chi connectivity index (χ3n) is 4.70. The Morgan fingerprint density at radius 3 is 2.81 bits per heavy atom. The maximum atomic E-state index is 12.3. The first kappa shape index (κ1) is 21.5. The molecule has 0 radical (unpaired) electrons. The Morgan fingerprint density at radius 2 is 2.06 bits per heavy atom. The first-order valence-corrected chi connectivity index (χ1v) is 10.9. The molecule has 1 N–H and O–H groups in total. The van der Waals surface area contributed by atoms with Crippen LogP contribution in [0.1, 0.15) is 28.8 Å². The summed E-state index contributed by atoms with van der Waals surface area (Å²) in [7, 11) is 0. The Bertz CT molecular complexity index is 1220. The number of oxime groups is 1. The third-order valence-corrected chi connectivity index (χ3v) is 5.46. The molecule has 9 heteroatoms. The highest BCUT2D eigenvalue weighted by molar-refractivity contribution is 7.09. The van der Waals surface area contributed by atoms with E-state index < -0.39 is 5.97 Å². The van der Waals surface area contributed by atoms with Gasteiger partial charge in [0.2, 0.25) is 6.61 Å². The van der Waals surface area contributed by atoms with E-state index in [1.165, 1.54) is 17.6 Å². The molecular formula is C23H22N4O4S. The number of esters is 1. The number of fused-ring (bicyclic) bond motifs is 1. The second-order valence-corrected chi connectivity index (χ2v) is 7.88. The molecule has 1 aromatic carbocycles. The van der Waals surface area contributed by atoms with Crippen LogP contribution in [0.5, 0.6) is 11.5 Å². The molecule has 0 unspecified atom stereocenters. The maximum absolute atomic E-state index is 12.3. The third kappa shape index (κ3) is 4.94. The molecule has 164 valence electrons. The van der Waals surface area contributed by atoms with Gasteiger partial charge in [0.1, 0.15) is 17.4 Å². The minimum absolute atomic E-state index is 0.281. The topological polar surface area (TPSA) is 98.7 Å². The smallest absolute Gasteiger partial charge is 0.352 e. The van der Waals surface area contributed by atoms with Crippen LogP contribution in [0.3, 0.4) is 0 Å². The predicted octanol–water partition coefficient (Wildman–Crippen LogP) is 4.43. The normalized spacial score (nSPS) is 11.2. The Balaban J connectivity index is 1.73. The molecule has 0 bridgehead atoms. The number of H-pyrrole nitrogens is 1. The average molecular weight is 451 g/mol. The summed E-state index contributed by atoms with van der Waals surface area (Å²) in [5.41, 5.74) is 3.55. The zero-order valence-electron chi connectivity index (χ0n) is 17.7. The molecule has 4 rings (SSSR count). The number of nitrogens with zero attached hydrogens (tertiary/aromatic N) is 3. The van der Waals surface area contributed by atoms with Crippen LogP contribution in [0.4, 0.5) is 0 Å². The average Bonchev–Trinajstić information content (AvgIpc) is 3.42. The van der Waals surface area contributed by atoms with Gasteiger partial charge >= 0.3 is 5.97 Å². The molecule has 0 aliphatic carbocycles. The zero-order chi connectivity index (χ0) is 22.3. The second-order valence-electron chi connectivity index (χ2n) is 6.90. The van der Waals surface area contributed by atoms with Crippen LogP contribution in [0.25, 0.3) is 10.9 Å². The largest absolute Gasteiger partial charge is 0.486 e. The lowest BCUT2D eigenvalue weighted by Crippen LogP contribution is -2.14. The van der Waals surface area contributed by atoms with Crippen molar-refractivity contribution < 1.29 is 19.1 Å². The highest BCUT2D eigenvalue weighted by atomic mass is 32.1. The lowest BCUT2D eigenvalue weighted by molar-refractivity contribution is -0.139. The molecule has 0 spiro atoms. The summed E-state index contributed by atoms with van der Waals surface area (Å²) in [6, 6.07) is 7.74. The van der Waals surface area contributed by atoms with E-state index in [4.69, 9.17) is 14.3 Å². The van der Waals surface area contributed by atoms with Crippen LogP contribution >= 0.6 is 11.3 Å². The summed E-state index contributed by atoms with van der Waals surface area (Å²) >= 11 is 1.54. The van der Waals surface area contributed by atoms with Crippen LogP contribution in [0, 0.1) is 6.92 Å². The fraction of sp³-hybridized carbons (Fsp3) is 0.217. The molecule has 0 aliphatic heterocycles. The van der Waals surface area contributed by atoms with Crippen molar-refractivity contribution in [1.82, 2.24) is 15.0 Å². The van der Waals surface area contributed by atoms with Gasteiger partial charge in [0, 0.05) is 47.6 Å². The molecule has 0 saturated carbocycles. The van der Waals surface area contributed by atoms with Crippen molar-refractivity contribution in [2.24, 2.45) is 5.16 Å². The van der Waals surface area contributed by atoms with Crippen LogP contribution in [-0.2, 0) is 22.7 Å². The minimum Gasteiger partial charge on any atom is -0.486 e. The summed E-state index contributed by atoms with van der Waals surface area (Å²) in [4.78, 5) is 28.9. The lowest BCUT2D eigenvalue weighted by Gasteiger charge is -2.14. The Labute approximate surface area is 188 Å². The van der Waals surface area contributed by atoms with Gasteiger partial charge in [0.25, 0.3) is 0 Å². The Morgan fingerprint density at radius 1 is 1.22 bits per heavy atom. The standard InChI is InChI=1S/C23H22N4O4S/c1-3-26-30-14-21(28)31-23-15(2)27-18-4-5-19(29-13-20-25-10-11-32-20)17(22(18)23)12-16-6-8-24-9-7-16/h3-11,27H,12-14H2,1-2H3. The van der Waals surface area contributed by atoms with E-state index in [1.807, 2.05) is 36.6 Å². The van der Waals surface area contributed by atoms with Crippen molar-refractivity contribution in [3.05, 3.63) is 70.1 Å². The number of aromatic nitrogens is 3. The number of pyridine rings is 1. The number of thiazole rings is 1. The minimum atomic E-state index is -0.538. The summed E-state index contributed by atoms with van der Waals surface area (Å²) in [5.74, 6) is 0.619. The summed E-state index contributed by atoms with van der Waals surface area (Å²) < 4.78 is 11.8. The highest BCUT2D eigenvalue weighted by Gasteiger charge is 2.21. The van der Waals surface area contributed by atoms with Crippen molar-refractivity contribution in [2.75, 3.05) is 6.61 Å². The van der Waals surface area contributed by atoms with E-state index in [0.29, 0.717) is 24.5 Å². The van der Waals surface area contributed by atoms with Gasteiger partial charge in [0.05, 0.1) is 11.2 Å². The number of carbonyl (C=O) groups excluding carboxylic acids is 1. The van der Waals surface area contributed by atoms with Gasteiger partial charge in [-0.05, 0) is 43.7 Å². The molecule has 3 heterocycles. The number of aryl methyl sites for hydroxylation is 1. The van der Waals surface area contributed by atoms with Gasteiger partial charge in [-0.15, -0.1) is 11.3 Å². The number of hydrogen-bond acceptors (Lipinski definition) is 8. The van der Waals surface area contributed by atoms with Crippen molar-refractivity contribution in [2.45, 2.75) is 26.9 Å². The number of aromatic amines is 1. The van der Waals surface area contributed by atoms with Crippen molar-refractivity contribution in [3.8, 4) is 11.5 Å². The van der Waals surface area contributed by atoms with E-state index in [1.54, 1.807) is 25.5 Å². The Hall–Kier alpha value is -3.72. The van der Waals surface area contributed by atoms with Crippen molar-refractivity contribution in [3.63, 3.8) is 0 Å². The molecule has 0 saturated heterocycles. The molecule has 0 fully saturated rings. The molecular weight excluding hydrogens is 428 g/mol. The van der Waals surface area contributed by atoms with Crippen LogP contribution in [0.15, 0.2) is 53.4 Å².